The normalized spacial score (nSPS) is 37.8. The molecule has 236 valence electrons. The van der Waals surface area contributed by atoms with Crippen molar-refractivity contribution in [2.75, 3.05) is 6.61 Å². The molecule has 2 aromatic rings. The summed E-state index contributed by atoms with van der Waals surface area (Å²) in [6, 6.07) is 12.7. The lowest BCUT2D eigenvalue weighted by atomic mass is 9.55. The summed E-state index contributed by atoms with van der Waals surface area (Å²) >= 11 is 0. The van der Waals surface area contributed by atoms with Crippen molar-refractivity contribution in [2.45, 2.75) is 75.3 Å². The van der Waals surface area contributed by atoms with E-state index in [0.29, 0.717) is 23.6 Å². The van der Waals surface area contributed by atoms with Crippen LogP contribution < -0.4 is 0 Å². The van der Waals surface area contributed by atoms with Gasteiger partial charge in [-0.25, -0.2) is 8.78 Å². The van der Waals surface area contributed by atoms with Crippen LogP contribution in [0.25, 0.3) is 0 Å². The number of Topliss-reactive ketones (excluding diaryl/α,β-unsaturated/α-hetero) is 1. The fourth-order valence-corrected chi connectivity index (χ4v) is 8.53. The lowest BCUT2D eigenvalue weighted by molar-refractivity contribution is -0.421. The molecule has 3 bridgehead atoms. The summed E-state index contributed by atoms with van der Waals surface area (Å²) in [5, 5.41) is 12.3. The summed E-state index contributed by atoms with van der Waals surface area (Å²) in [4.78, 5) is 26.5. The molecule has 1 unspecified atom stereocenters. The Labute approximate surface area is 260 Å². The minimum atomic E-state index is -1.86. The van der Waals surface area contributed by atoms with Gasteiger partial charge in [0, 0.05) is 24.3 Å². The highest BCUT2D eigenvalue weighted by molar-refractivity contribution is 6.04. The summed E-state index contributed by atoms with van der Waals surface area (Å²) in [6.45, 7) is 9.73. The number of fused-ring (bicyclic) bond motifs is 2. The number of rotatable bonds is 7. The molecule has 3 aliphatic carbocycles. The van der Waals surface area contributed by atoms with Gasteiger partial charge in [-0.05, 0) is 60.1 Å². The standard InChI is InChI=1S/C36H36F2O7/c1-20(2)34-16-22(4)36-27(32(34)43-35(44-34,45-36)18-23-8-6-5-7-9-23)13-24(17-33(41)29(36)12-21(3)31(33)40)19-42-30(39)14-25-10-11-26(37)15-28(25)38/h5-13,15,22,27,29,32,41H,1,14,16-19H2,2-4H3/t22-,27+,29-,32-,33-,34+,35?,36-/m1/s1. The van der Waals surface area contributed by atoms with E-state index in [2.05, 4.69) is 13.5 Å². The van der Waals surface area contributed by atoms with Crippen molar-refractivity contribution in [3.8, 4) is 0 Å². The Morgan fingerprint density at radius 1 is 1.13 bits per heavy atom. The lowest BCUT2D eigenvalue weighted by Gasteiger charge is -2.59. The zero-order valence-corrected chi connectivity index (χ0v) is 25.5. The zero-order valence-electron chi connectivity index (χ0n) is 25.5. The van der Waals surface area contributed by atoms with Gasteiger partial charge < -0.3 is 24.1 Å². The second-order valence-electron chi connectivity index (χ2n) is 13.4. The summed E-state index contributed by atoms with van der Waals surface area (Å²) < 4.78 is 53.9. The molecule has 2 saturated heterocycles. The maximum atomic E-state index is 14.2. The predicted octanol–water partition coefficient (Wildman–Crippen LogP) is 5.31. The van der Waals surface area contributed by atoms with Crippen molar-refractivity contribution in [2.24, 2.45) is 17.8 Å². The van der Waals surface area contributed by atoms with Gasteiger partial charge in [0.25, 0.3) is 5.97 Å². The van der Waals surface area contributed by atoms with Gasteiger partial charge in [0.15, 0.2) is 5.78 Å². The van der Waals surface area contributed by atoms with E-state index >= 15 is 0 Å². The number of hydrogen-bond donors (Lipinski definition) is 1. The van der Waals surface area contributed by atoms with E-state index in [1.54, 1.807) is 6.92 Å². The second-order valence-corrected chi connectivity index (χ2v) is 13.4. The van der Waals surface area contributed by atoms with Crippen molar-refractivity contribution in [3.05, 3.63) is 107 Å². The van der Waals surface area contributed by atoms with Gasteiger partial charge in [-0.2, -0.15) is 0 Å². The molecule has 0 spiro atoms. The summed E-state index contributed by atoms with van der Waals surface area (Å²) in [6.07, 6.45) is 3.48. The molecule has 2 aromatic carbocycles. The third kappa shape index (κ3) is 4.42. The number of ketones is 1. The van der Waals surface area contributed by atoms with Crippen molar-refractivity contribution >= 4 is 11.8 Å². The highest BCUT2D eigenvalue weighted by Crippen LogP contribution is 2.68. The molecule has 3 fully saturated rings. The first-order valence-electron chi connectivity index (χ1n) is 15.3. The van der Waals surface area contributed by atoms with Crippen LogP contribution in [0.1, 0.15) is 44.7 Å². The fourth-order valence-electron chi connectivity index (χ4n) is 8.53. The number of halogens is 2. The maximum absolute atomic E-state index is 14.2. The van der Waals surface area contributed by atoms with Crippen LogP contribution in [-0.2, 0) is 41.4 Å². The van der Waals surface area contributed by atoms with Crippen LogP contribution >= 0.6 is 0 Å². The van der Waals surface area contributed by atoms with Crippen LogP contribution in [0.15, 0.2) is 84.0 Å². The molecule has 0 amide bonds. The molecule has 0 radical (unpaired) electrons. The Balaban J connectivity index is 1.29. The second kappa shape index (κ2) is 10.3. The molecule has 7 rings (SSSR count). The average Bonchev–Trinajstić information content (AvgIpc) is 3.29. The molecular formula is C36H36F2O7. The third-order valence-electron chi connectivity index (χ3n) is 10.5. The first-order chi connectivity index (χ1) is 21.3. The number of ether oxygens (including phenoxy) is 4. The Kier molecular flexibility index (Phi) is 6.87. The maximum Gasteiger partial charge on any atom is 0.310 e. The number of carbonyl (C=O) groups is 2. The molecular weight excluding hydrogens is 582 g/mol. The third-order valence-corrected chi connectivity index (χ3v) is 10.5. The lowest BCUT2D eigenvalue weighted by Crippen LogP contribution is -2.70. The molecule has 7 nitrogen and oxygen atoms in total. The molecule has 5 aliphatic rings. The van der Waals surface area contributed by atoms with Crippen molar-refractivity contribution < 1.29 is 42.4 Å². The predicted molar refractivity (Wildman–Crippen MR) is 158 cm³/mol. The number of benzene rings is 2. The van der Waals surface area contributed by atoms with Crippen LogP contribution in [0.4, 0.5) is 8.78 Å². The van der Waals surface area contributed by atoms with Crippen LogP contribution in [0.3, 0.4) is 0 Å². The SMILES string of the molecule is C=C(C)[C@@]12C[C@@H](C)[C@@]34OC(Cc5ccccc5)(O[C@@H]1[C@@H]3C=C(COC(=O)Cc1ccc(F)cc1F)C[C@]1(O)C(=O)C(C)=C[C@@H]41)O2. The van der Waals surface area contributed by atoms with E-state index in [0.717, 1.165) is 17.2 Å². The van der Waals surface area contributed by atoms with E-state index in [4.69, 9.17) is 18.9 Å². The van der Waals surface area contributed by atoms with E-state index in [1.807, 2.05) is 49.4 Å². The van der Waals surface area contributed by atoms with E-state index in [9.17, 15) is 23.5 Å². The summed E-state index contributed by atoms with van der Waals surface area (Å²) in [5.74, 6) is -5.64. The van der Waals surface area contributed by atoms with Crippen molar-refractivity contribution in [1.82, 2.24) is 0 Å². The van der Waals surface area contributed by atoms with Gasteiger partial charge in [0.05, 0.1) is 18.4 Å². The Bertz CT molecular complexity index is 1670. The topological polar surface area (TPSA) is 91.3 Å². The average molecular weight is 619 g/mol. The van der Waals surface area contributed by atoms with Crippen LogP contribution in [0, 0.1) is 29.4 Å². The first kappa shape index (κ1) is 30.2. The van der Waals surface area contributed by atoms with Crippen LogP contribution in [-0.4, -0.2) is 52.3 Å². The Morgan fingerprint density at radius 2 is 1.89 bits per heavy atom. The number of esters is 1. The fraction of sp³-hybridized carbons (Fsp3) is 0.444. The first-order valence-corrected chi connectivity index (χ1v) is 15.3. The Morgan fingerprint density at radius 3 is 2.60 bits per heavy atom. The minimum absolute atomic E-state index is 0.00108. The summed E-state index contributed by atoms with van der Waals surface area (Å²) in [7, 11) is 0. The van der Waals surface area contributed by atoms with Gasteiger partial charge in [-0.1, -0.05) is 62.1 Å². The van der Waals surface area contributed by atoms with Gasteiger partial charge in [-0.3, -0.25) is 9.59 Å². The number of hydrogen-bond acceptors (Lipinski definition) is 7. The molecule has 2 heterocycles. The highest BCUT2D eigenvalue weighted by Gasteiger charge is 2.79. The molecule has 1 N–H and O–H groups in total. The minimum Gasteiger partial charge on any atom is -0.461 e. The largest absolute Gasteiger partial charge is 0.461 e. The van der Waals surface area contributed by atoms with Crippen molar-refractivity contribution in [1.29, 1.82) is 0 Å². The van der Waals surface area contributed by atoms with Gasteiger partial charge in [0.2, 0.25) is 0 Å². The van der Waals surface area contributed by atoms with Crippen LogP contribution in [0.5, 0.6) is 0 Å². The molecule has 0 aromatic heterocycles. The quantitative estimate of drug-likeness (QED) is 0.332. The molecule has 2 aliphatic heterocycles. The molecule has 45 heavy (non-hydrogen) atoms. The molecule has 9 heteroatoms. The van der Waals surface area contributed by atoms with Gasteiger partial charge in [0.1, 0.15) is 35.5 Å². The highest BCUT2D eigenvalue weighted by atomic mass is 19.1. The smallest absolute Gasteiger partial charge is 0.310 e. The monoisotopic (exact) mass is 618 g/mol. The van der Waals surface area contributed by atoms with E-state index in [-0.39, 0.29) is 30.9 Å². The zero-order chi connectivity index (χ0) is 31.9. The molecule has 8 atom stereocenters. The molecule has 1 saturated carbocycles. The number of aliphatic hydroxyl groups is 1. The van der Waals surface area contributed by atoms with E-state index in [1.165, 1.54) is 6.07 Å². The van der Waals surface area contributed by atoms with E-state index < -0.39 is 70.5 Å². The van der Waals surface area contributed by atoms with Crippen molar-refractivity contribution in [3.63, 3.8) is 0 Å². The van der Waals surface area contributed by atoms with Gasteiger partial charge in [-0.15, -0.1) is 0 Å². The number of carbonyl (C=O) groups excluding carboxylic acids is 2. The van der Waals surface area contributed by atoms with Gasteiger partial charge >= 0.3 is 5.97 Å². The van der Waals surface area contributed by atoms with Crippen LogP contribution in [0.2, 0.25) is 0 Å². The summed E-state index contributed by atoms with van der Waals surface area (Å²) in [5.41, 5.74) is -1.19. The Hall–Kier alpha value is -3.50.